The first-order valence-corrected chi connectivity index (χ1v) is 6.53. The van der Waals surface area contributed by atoms with Crippen LogP contribution in [0.2, 0.25) is 0 Å². The number of ether oxygens (including phenoxy) is 1. The molecule has 1 fully saturated rings. The van der Waals surface area contributed by atoms with Crippen molar-refractivity contribution in [2.45, 2.75) is 44.6 Å². The fraction of sp³-hybridized carbons (Fsp3) is 0.615. The molecule has 5 nitrogen and oxygen atoms in total. The second-order valence-electron chi connectivity index (χ2n) is 4.73. The standard InChI is InChI=1S/C13H16F2N2O3/c1-2-20-13(5-3-4-6-13)12-16-7-8(11(18)19)9(17-12)10(14)15/h7,10H,2-6H2,1H3,(H,18,19). The van der Waals surface area contributed by atoms with E-state index in [1.807, 2.05) is 6.92 Å². The summed E-state index contributed by atoms with van der Waals surface area (Å²) < 4.78 is 31.6. The highest BCUT2D eigenvalue weighted by Crippen LogP contribution is 2.41. The summed E-state index contributed by atoms with van der Waals surface area (Å²) in [5.41, 5.74) is -2.06. The van der Waals surface area contributed by atoms with E-state index in [-0.39, 0.29) is 5.82 Å². The number of aromatic nitrogens is 2. The highest BCUT2D eigenvalue weighted by molar-refractivity contribution is 5.88. The van der Waals surface area contributed by atoms with Crippen molar-refractivity contribution in [1.82, 2.24) is 9.97 Å². The van der Waals surface area contributed by atoms with E-state index >= 15 is 0 Å². The van der Waals surface area contributed by atoms with Crippen LogP contribution in [0.3, 0.4) is 0 Å². The molecule has 1 saturated carbocycles. The van der Waals surface area contributed by atoms with E-state index < -0.39 is 29.3 Å². The van der Waals surface area contributed by atoms with Gasteiger partial charge in [0, 0.05) is 12.8 Å². The zero-order chi connectivity index (χ0) is 14.8. The molecule has 0 unspecified atom stereocenters. The number of hydrogen-bond donors (Lipinski definition) is 1. The molecule has 2 rings (SSSR count). The SMILES string of the molecule is CCOC1(c2ncc(C(=O)O)c(C(F)F)n2)CCCC1. The van der Waals surface area contributed by atoms with Crippen LogP contribution in [0.1, 0.15) is 60.9 Å². The summed E-state index contributed by atoms with van der Waals surface area (Å²) in [4.78, 5) is 18.7. The van der Waals surface area contributed by atoms with Gasteiger partial charge in [-0.15, -0.1) is 0 Å². The number of nitrogens with zero attached hydrogens (tertiary/aromatic N) is 2. The predicted octanol–water partition coefficient (Wildman–Crippen LogP) is 2.92. The summed E-state index contributed by atoms with van der Waals surface area (Å²) in [6.45, 7) is 2.24. The molecule has 1 N–H and O–H groups in total. The topological polar surface area (TPSA) is 72.3 Å². The Morgan fingerprint density at radius 1 is 1.50 bits per heavy atom. The number of halogens is 2. The number of carboxylic acid groups (broad SMARTS) is 1. The molecule has 0 aliphatic heterocycles. The molecule has 7 heteroatoms. The van der Waals surface area contributed by atoms with Crippen molar-refractivity contribution in [3.8, 4) is 0 Å². The Balaban J connectivity index is 2.46. The third-order valence-electron chi connectivity index (χ3n) is 3.49. The number of rotatable bonds is 5. The summed E-state index contributed by atoms with van der Waals surface area (Å²) in [7, 11) is 0. The minimum atomic E-state index is -2.96. The summed E-state index contributed by atoms with van der Waals surface area (Å²) in [6, 6.07) is 0. The zero-order valence-electron chi connectivity index (χ0n) is 11.1. The Kier molecular flexibility index (Phi) is 4.27. The highest BCUT2D eigenvalue weighted by atomic mass is 19.3. The fourth-order valence-corrected chi connectivity index (χ4v) is 2.60. The Morgan fingerprint density at radius 2 is 2.15 bits per heavy atom. The molecule has 0 spiro atoms. The van der Waals surface area contributed by atoms with Crippen LogP contribution in [0.15, 0.2) is 6.20 Å². The van der Waals surface area contributed by atoms with Gasteiger partial charge in [0.25, 0.3) is 6.43 Å². The van der Waals surface area contributed by atoms with Crippen LogP contribution in [0.5, 0.6) is 0 Å². The molecule has 1 aromatic rings. The second-order valence-corrected chi connectivity index (χ2v) is 4.73. The van der Waals surface area contributed by atoms with Gasteiger partial charge in [0.05, 0.1) is 0 Å². The maximum atomic E-state index is 13.0. The van der Waals surface area contributed by atoms with Crippen LogP contribution < -0.4 is 0 Å². The molecule has 0 aromatic carbocycles. The molecule has 0 atom stereocenters. The van der Waals surface area contributed by atoms with Gasteiger partial charge in [-0.1, -0.05) is 0 Å². The van der Waals surface area contributed by atoms with Crippen LogP contribution in [-0.2, 0) is 10.3 Å². The normalized spacial score (nSPS) is 17.6. The average molecular weight is 286 g/mol. The van der Waals surface area contributed by atoms with E-state index in [4.69, 9.17) is 9.84 Å². The maximum absolute atomic E-state index is 13.0. The maximum Gasteiger partial charge on any atom is 0.339 e. The van der Waals surface area contributed by atoms with Gasteiger partial charge in [-0.25, -0.2) is 23.5 Å². The number of hydrogen-bond acceptors (Lipinski definition) is 4. The van der Waals surface area contributed by atoms with E-state index in [2.05, 4.69) is 9.97 Å². The Bertz CT molecular complexity index is 502. The van der Waals surface area contributed by atoms with Gasteiger partial charge in [0.15, 0.2) is 5.82 Å². The molecular weight excluding hydrogens is 270 g/mol. The third kappa shape index (κ3) is 2.63. The number of aromatic carboxylic acids is 1. The van der Waals surface area contributed by atoms with Crippen molar-refractivity contribution in [2.24, 2.45) is 0 Å². The predicted molar refractivity (Wildman–Crippen MR) is 65.7 cm³/mol. The average Bonchev–Trinajstić information content (AvgIpc) is 2.88. The second kappa shape index (κ2) is 5.78. The van der Waals surface area contributed by atoms with Gasteiger partial charge in [-0.05, 0) is 32.6 Å². The molecule has 0 amide bonds. The molecule has 1 aliphatic carbocycles. The number of alkyl halides is 2. The van der Waals surface area contributed by atoms with Crippen molar-refractivity contribution in [2.75, 3.05) is 6.61 Å². The summed E-state index contributed by atoms with van der Waals surface area (Å²) in [6.07, 6.45) is 1.14. The van der Waals surface area contributed by atoms with Crippen LogP contribution in [0.4, 0.5) is 8.78 Å². The molecule has 0 radical (unpaired) electrons. The van der Waals surface area contributed by atoms with Crippen molar-refractivity contribution in [3.63, 3.8) is 0 Å². The first-order valence-electron chi connectivity index (χ1n) is 6.53. The molecule has 1 aromatic heterocycles. The van der Waals surface area contributed by atoms with Gasteiger partial charge >= 0.3 is 5.97 Å². The molecule has 0 bridgehead atoms. The van der Waals surface area contributed by atoms with Gasteiger partial charge < -0.3 is 9.84 Å². The quantitative estimate of drug-likeness (QED) is 0.901. The highest BCUT2D eigenvalue weighted by Gasteiger charge is 2.40. The lowest BCUT2D eigenvalue weighted by atomic mass is 10.0. The van der Waals surface area contributed by atoms with E-state index in [1.165, 1.54) is 0 Å². The molecule has 110 valence electrons. The molecule has 1 aliphatic rings. The largest absolute Gasteiger partial charge is 0.478 e. The third-order valence-corrected chi connectivity index (χ3v) is 3.49. The minimum absolute atomic E-state index is 0.164. The first kappa shape index (κ1) is 14.8. The zero-order valence-corrected chi connectivity index (χ0v) is 11.1. The van der Waals surface area contributed by atoms with E-state index in [0.29, 0.717) is 19.4 Å². The monoisotopic (exact) mass is 286 g/mol. The molecule has 20 heavy (non-hydrogen) atoms. The van der Waals surface area contributed by atoms with Gasteiger partial charge in [-0.3, -0.25) is 0 Å². The first-order chi connectivity index (χ1) is 9.50. The van der Waals surface area contributed by atoms with Crippen molar-refractivity contribution < 1.29 is 23.4 Å². The van der Waals surface area contributed by atoms with E-state index in [0.717, 1.165) is 19.0 Å². The molecule has 0 saturated heterocycles. The fourth-order valence-electron chi connectivity index (χ4n) is 2.60. The van der Waals surface area contributed by atoms with Gasteiger partial charge in [0.1, 0.15) is 16.9 Å². The summed E-state index contributed by atoms with van der Waals surface area (Å²) >= 11 is 0. The number of carboxylic acids is 1. The van der Waals surface area contributed by atoms with Crippen LogP contribution >= 0.6 is 0 Å². The van der Waals surface area contributed by atoms with Crippen molar-refractivity contribution in [3.05, 3.63) is 23.3 Å². The lowest BCUT2D eigenvalue weighted by molar-refractivity contribution is -0.0462. The van der Waals surface area contributed by atoms with Crippen LogP contribution in [0.25, 0.3) is 0 Å². The Morgan fingerprint density at radius 3 is 2.65 bits per heavy atom. The van der Waals surface area contributed by atoms with Crippen LogP contribution in [0, 0.1) is 0 Å². The van der Waals surface area contributed by atoms with Crippen molar-refractivity contribution >= 4 is 5.97 Å². The van der Waals surface area contributed by atoms with E-state index in [9.17, 15) is 13.6 Å². The molecule has 1 heterocycles. The lowest BCUT2D eigenvalue weighted by Crippen LogP contribution is -2.30. The van der Waals surface area contributed by atoms with E-state index in [1.54, 1.807) is 0 Å². The van der Waals surface area contributed by atoms with Gasteiger partial charge in [0.2, 0.25) is 0 Å². The van der Waals surface area contributed by atoms with Crippen LogP contribution in [-0.4, -0.2) is 27.7 Å². The summed E-state index contributed by atoms with van der Waals surface area (Å²) in [5, 5.41) is 8.89. The Labute approximate surface area is 115 Å². The number of carbonyl (C=O) groups is 1. The Hall–Kier alpha value is -1.63. The van der Waals surface area contributed by atoms with Crippen molar-refractivity contribution in [1.29, 1.82) is 0 Å². The van der Waals surface area contributed by atoms with Gasteiger partial charge in [-0.2, -0.15) is 0 Å². The molecular formula is C13H16F2N2O3. The summed E-state index contributed by atoms with van der Waals surface area (Å²) in [5.74, 6) is -1.29. The minimum Gasteiger partial charge on any atom is -0.478 e. The smallest absolute Gasteiger partial charge is 0.339 e. The lowest BCUT2D eigenvalue weighted by Gasteiger charge is -2.27.